The van der Waals surface area contributed by atoms with Crippen molar-refractivity contribution in [2.45, 2.75) is 19.0 Å². The van der Waals surface area contributed by atoms with Crippen molar-refractivity contribution in [2.75, 3.05) is 19.6 Å². The van der Waals surface area contributed by atoms with Gasteiger partial charge in [0.05, 0.1) is 12.6 Å². The molecular formula is C18H23ClN6O. The smallest absolute Gasteiger partial charge is 0.240 e. The van der Waals surface area contributed by atoms with E-state index < -0.39 is 0 Å². The summed E-state index contributed by atoms with van der Waals surface area (Å²) in [7, 11) is 2.03. The third kappa shape index (κ3) is 4.12. The van der Waals surface area contributed by atoms with Gasteiger partial charge in [-0.3, -0.25) is 4.90 Å². The summed E-state index contributed by atoms with van der Waals surface area (Å²) in [6.45, 7) is 3.39. The Labute approximate surface area is 158 Å². The Morgan fingerprint density at radius 2 is 2.12 bits per heavy atom. The van der Waals surface area contributed by atoms with Crippen LogP contribution in [0.2, 0.25) is 0 Å². The Hall–Kier alpha value is -2.22. The molecule has 1 aromatic carbocycles. The highest BCUT2D eigenvalue weighted by Crippen LogP contribution is 2.22. The monoisotopic (exact) mass is 374 g/mol. The third-order valence-corrected chi connectivity index (χ3v) is 4.56. The average Bonchev–Trinajstić information content (AvgIpc) is 3.25. The number of hydrogen-bond acceptors (Lipinski definition) is 6. The zero-order valence-electron chi connectivity index (χ0n) is 14.7. The van der Waals surface area contributed by atoms with E-state index in [4.69, 9.17) is 4.52 Å². The van der Waals surface area contributed by atoms with Crippen LogP contribution in [0, 0.1) is 0 Å². The van der Waals surface area contributed by atoms with Crippen molar-refractivity contribution < 1.29 is 4.52 Å². The largest absolute Gasteiger partial charge is 0.338 e. The van der Waals surface area contributed by atoms with Crippen LogP contribution in [0.4, 0.5) is 0 Å². The van der Waals surface area contributed by atoms with Gasteiger partial charge in [0.2, 0.25) is 5.89 Å². The molecule has 0 spiro atoms. The molecule has 3 heterocycles. The van der Waals surface area contributed by atoms with E-state index in [0.29, 0.717) is 18.9 Å². The molecule has 1 aliphatic rings. The minimum Gasteiger partial charge on any atom is -0.338 e. The maximum Gasteiger partial charge on any atom is 0.240 e. The first-order valence-electron chi connectivity index (χ1n) is 8.57. The Morgan fingerprint density at radius 1 is 1.27 bits per heavy atom. The summed E-state index contributed by atoms with van der Waals surface area (Å²) in [4.78, 5) is 11.4. The first kappa shape index (κ1) is 18.6. The Balaban J connectivity index is 0.00000196. The number of imidazole rings is 1. The predicted molar refractivity (Wildman–Crippen MR) is 100 cm³/mol. The highest BCUT2D eigenvalue weighted by Gasteiger charge is 2.28. The summed E-state index contributed by atoms with van der Waals surface area (Å²) in [5, 5.41) is 7.58. The second kappa shape index (κ2) is 8.44. The van der Waals surface area contributed by atoms with Crippen molar-refractivity contribution in [2.24, 2.45) is 7.05 Å². The van der Waals surface area contributed by atoms with Gasteiger partial charge < -0.3 is 14.4 Å². The van der Waals surface area contributed by atoms with E-state index in [9.17, 15) is 0 Å². The zero-order chi connectivity index (χ0) is 17.1. The van der Waals surface area contributed by atoms with E-state index in [1.165, 1.54) is 5.56 Å². The molecule has 7 nitrogen and oxygen atoms in total. The molecule has 3 aromatic rings. The molecule has 0 bridgehead atoms. The minimum absolute atomic E-state index is 0. The normalized spacial score (nSPS) is 17.8. The molecule has 0 aliphatic carbocycles. The van der Waals surface area contributed by atoms with Crippen molar-refractivity contribution in [3.05, 3.63) is 65.8 Å². The van der Waals surface area contributed by atoms with Crippen molar-refractivity contribution in [3.63, 3.8) is 0 Å². The summed E-state index contributed by atoms with van der Waals surface area (Å²) >= 11 is 0. The number of rotatable bonds is 5. The molecule has 138 valence electrons. The van der Waals surface area contributed by atoms with Gasteiger partial charge in [-0.2, -0.15) is 4.98 Å². The van der Waals surface area contributed by atoms with Gasteiger partial charge >= 0.3 is 0 Å². The topological polar surface area (TPSA) is 72.0 Å². The second-order valence-electron chi connectivity index (χ2n) is 6.35. The highest BCUT2D eigenvalue weighted by atomic mass is 35.5. The summed E-state index contributed by atoms with van der Waals surface area (Å²) in [6, 6.07) is 10.4. The first-order valence-corrected chi connectivity index (χ1v) is 8.57. The Kier molecular flexibility index (Phi) is 6.03. The summed E-state index contributed by atoms with van der Waals surface area (Å²) in [5.41, 5.74) is 1.18. The van der Waals surface area contributed by atoms with Gasteiger partial charge in [-0.15, -0.1) is 12.4 Å². The van der Waals surface area contributed by atoms with Gasteiger partial charge in [0.1, 0.15) is 5.82 Å². The molecule has 2 aromatic heterocycles. The Bertz CT molecular complexity index is 818. The van der Waals surface area contributed by atoms with Gasteiger partial charge in [0.15, 0.2) is 5.82 Å². The van der Waals surface area contributed by atoms with E-state index in [1.54, 1.807) is 0 Å². The van der Waals surface area contributed by atoms with E-state index in [2.05, 4.69) is 42.0 Å². The van der Waals surface area contributed by atoms with E-state index in [-0.39, 0.29) is 18.4 Å². The van der Waals surface area contributed by atoms with Crippen molar-refractivity contribution in [3.8, 4) is 0 Å². The van der Waals surface area contributed by atoms with Gasteiger partial charge in [0, 0.05) is 45.5 Å². The van der Waals surface area contributed by atoms with Gasteiger partial charge in [-0.05, 0) is 5.56 Å². The molecule has 8 heteroatoms. The fraction of sp³-hybridized carbons (Fsp3) is 0.389. The molecule has 1 unspecified atom stereocenters. The number of nitrogens with zero attached hydrogens (tertiary/aromatic N) is 5. The predicted octanol–water partition coefficient (Wildman–Crippen LogP) is 1.96. The van der Waals surface area contributed by atoms with Crippen LogP contribution in [0.3, 0.4) is 0 Å². The van der Waals surface area contributed by atoms with Crippen LogP contribution in [0.25, 0.3) is 0 Å². The zero-order valence-corrected chi connectivity index (χ0v) is 15.5. The van der Waals surface area contributed by atoms with Crippen LogP contribution in [-0.4, -0.2) is 44.2 Å². The minimum atomic E-state index is 0. The maximum absolute atomic E-state index is 5.49. The van der Waals surface area contributed by atoms with Crippen LogP contribution in [0.15, 0.2) is 47.2 Å². The number of piperazine rings is 1. The molecule has 0 saturated carbocycles. The van der Waals surface area contributed by atoms with Crippen molar-refractivity contribution >= 4 is 12.4 Å². The molecular weight excluding hydrogens is 352 g/mol. The number of nitrogens with one attached hydrogen (secondary N) is 1. The summed E-state index contributed by atoms with van der Waals surface area (Å²) in [5.74, 6) is 2.44. The van der Waals surface area contributed by atoms with Crippen LogP contribution in [-0.2, 0) is 20.0 Å². The number of hydrogen-bond donors (Lipinski definition) is 1. The first-order chi connectivity index (χ1) is 12.3. The van der Waals surface area contributed by atoms with Gasteiger partial charge in [-0.1, -0.05) is 35.5 Å². The molecule has 0 radical (unpaired) electrons. The molecule has 1 N–H and O–H groups in total. The summed E-state index contributed by atoms with van der Waals surface area (Å²) in [6.07, 6.45) is 4.51. The fourth-order valence-corrected chi connectivity index (χ4v) is 3.27. The lowest BCUT2D eigenvalue weighted by molar-refractivity contribution is 0.128. The highest BCUT2D eigenvalue weighted by molar-refractivity contribution is 5.85. The molecule has 1 atom stereocenters. The Morgan fingerprint density at radius 3 is 2.88 bits per heavy atom. The SMILES string of the molecule is Cl.Cn1ccnc1C1CNCCN1Cc1nc(Cc2ccccc2)no1. The molecule has 1 aliphatic heterocycles. The van der Waals surface area contributed by atoms with Gasteiger partial charge in [-0.25, -0.2) is 4.98 Å². The molecule has 1 saturated heterocycles. The van der Waals surface area contributed by atoms with Crippen LogP contribution < -0.4 is 5.32 Å². The average molecular weight is 375 g/mol. The third-order valence-electron chi connectivity index (χ3n) is 4.56. The lowest BCUT2D eigenvalue weighted by atomic mass is 10.1. The van der Waals surface area contributed by atoms with E-state index >= 15 is 0 Å². The van der Waals surface area contributed by atoms with Crippen molar-refractivity contribution in [1.29, 1.82) is 0 Å². The molecule has 26 heavy (non-hydrogen) atoms. The van der Waals surface area contributed by atoms with E-state index in [1.807, 2.05) is 37.6 Å². The number of aromatic nitrogens is 4. The number of benzene rings is 1. The van der Waals surface area contributed by atoms with Crippen molar-refractivity contribution in [1.82, 2.24) is 29.9 Å². The summed E-state index contributed by atoms with van der Waals surface area (Å²) < 4.78 is 7.55. The fourth-order valence-electron chi connectivity index (χ4n) is 3.27. The molecule has 1 fully saturated rings. The quantitative estimate of drug-likeness (QED) is 0.736. The molecule has 0 amide bonds. The van der Waals surface area contributed by atoms with Gasteiger partial charge in [0.25, 0.3) is 0 Å². The second-order valence-corrected chi connectivity index (χ2v) is 6.35. The lowest BCUT2D eigenvalue weighted by Crippen LogP contribution is -2.46. The maximum atomic E-state index is 5.49. The lowest BCUT2D eigenvalue weighted by Gasteiger charge is -2.34. The van der Waals surface area contributed by atoms with Crippen LogP contribution >= 0.6 is 12.4 Å². The number of halogens is 1. The van der Waals surface area contributed by atoms with E-state index in [0.717, 1.165) is 31.3 Å². The standard InChI is InChI=1S/C18H22N6O.ClH/c1-23-9-8-20-18(23)15-12-19-7-10-24(15)13-17-21-16(22-25-17)11-14-5-3-2-4-6-14;/h2-6,8-9,15,19H,7,10-13H2,1H3;1H. The number of aryl methyl sites for hydroxylation is 1. The molecule has 4 rings (SSSR count). The van der Waals surface area contributed by atoms with Crippen LogP contribution in [0.5, 0.6) is 0 Å². The van der Waals surface area contributed by atoms with Crippen LogP contribution in [0.1, 0.15) is 29.1 Å².